The van der Waals surface area contributed by atoms with Crippen molar-refractivity contribution >= 4 is 34.9 Å². The van der Waals surface area contributed by atoms with Crippen LogP contribution in [0, 0.1) is 6.92 Å². The summed E-state index contributed by atoms with van der Waals surface area (Å²) in [6, 6.07) is 13.0. The summed E-state index contributed by atoms with van der Waals surface area (Å²) in [5.41, 5.74) is 2.70. The number of aryl methyl sites for hydroxylation is 1. The Morgan fingerprint density at radius 2 is 2.00 bits per heavy atom. The van der Waals surface area contributed by atoms with E-state index in [1.165, 1.54) is 6.08 Å². The smallest absolute Gasteiger partial charge is 0.244 e. The van der Waals surface area contributed by atoms with E-state index in [0.717, 1.165) is 21.8 Å². The average molecular weight is 429 g/mol. The zero-order chi connectivity index (χ0) is 20.6. The number of methoxy groups -OCH3 is 1. The molecule has 5 nitrogen and oxygen atoms in total. The van der Waals surface area contributed by atoms with Crippen molar-refractivity contribution in [1.29, 1.82) is 0 Å². The topological polar surface area (TPSA) is 60.5 Å². The van der Waals surface area contributed by atoms with Crippen LogP contribution in [-0.4, -0.2) is 18.0 Å². The van der Waals surface area contributed by atoms with Crippen molar-refractivity contribution in [1.82, 2.24) is 10.3 Å². The Balaban J connectivity index is 1.57. The minimum absolute atomic E-state index is 0.183. The minimum Gasteiger partial charge on any atom is -0.493 e. The molecule has 2 aromatic carbocycles. The number of nitrogens with one attached hydrogen (secondary N) is 1. The lowest BCUT2D eigenvalue weighted by atomic mass is 10.2. The van der Waals surface area contributed by atoms with Gasteiger partial charge in [0, 0.05) is 16.5 Å². The largest absolute Gasteiger partial charge is 0.493 e. The van der Waals surface area contributed by atoms with Crippen LogP contribution in [0.15, 0.2) is 53.9 Å². The fourth-order valence-electron chi connectivity index (χ4n) is 2.55. The van der Waals surface area contributed by atoms with Crippen molar-refractivity contribution in [2.75, 3.05) is 7.11 Å². The number of benzene rings is 2. The van der Waals surface area contributed by atoms with Crippen molar-refractivity contribution in [2.45, 2.75) is 20.1 Å². The minimum atomic E-state index is -0.183. The number of carbonyl (C=O) groups excluding carboxylic acids is 1. The summed E-state index contributed by atoms with van der Waals surface area (Å²) in [6.07, 6.45) is 3.22. The number of rotatable bonds is 8. The molecule has 0 aliphatic rings. The molecule has 0 aliphatic heterocycles. The summed E-state index contributed by atoms with van der Waals surface area (Å²) in [4.78, 5) is 16.3. The molecule has 1 amide bonds. The highest BCUT2D eigenvalue weighted by Gasteiger charge is 2.06. The van der Waals surface area contributed by atoms with Gasteiger partial charge in [0.1, 0.15) is 6.61 Å². The van der Waals surface area contributed by atoms with Crippen molar-refractivity contribution in [2.24, 2.45) is 0 Å². The molecule has 3 aromatic rings. The molecule has 1 aromatic heterocycles. The molecule has 0 radical (unpaired) electrons. The maximum atomic E-state index is 12.0. The van der Waals surface area contributed by atoms with Gasteiger partial charge in [-0.1, -0.05) is 29.8 Å². The quantitative estimate of drug-likeness (QED) is 0.511. The third kappa shape index (κ3) is 6.34. The first-order valence-corrected chi connectivity index (χ1v) is 10.2. The second-order valence-corrected chi connectivity index (χ2v) is 7.73. The van der Waals surface area contributed by atoms with Gasteiger partial charge in [0.2, 0.25) is 5.91 Å². The van der Waals surface area contributed by atoms with E-state index in [0.29, 0.717) is 29.7 Å². The third-order valence-corrected chi connectivity index (χ3v) is 5.11. The average Bonchev–Trinajstić information content (AvgIpc) is 3.15. The monoisotopic (exact) mass is 428 g/mol. The predicted octanol–water partition coefficient (Wildman–Crippen LogP) is 5.02. The SMILES string of the molecule is COc1cc(/C=C/C(=O)NCc2csc(C)n2)ccc1OCc1ccc(Cl)cc1. The van der Waals surface area contributed by atoms with Crippen LogP contribution in [0.1, 0.15) is 21.8 Å². The molecule has 0 bridgehead atoms. The van der Waals surface area contributed by atoms with E-state index in [-0.39, 0.29) is 5.91 Å². The molecule has 0 unspecified atom stereocenters. The summed E-state index contributed by atoms with van der Waals surface area (Å²) in [5.74, 6) is 1.04. The zero-order valence-corrected chi connectivity index (χ0v) is 17.7. The third-order valence-electron chi connectivity index (χ3n) is 4.03. The molecule has 7 heteroatoms. The van der Waals surface area contributed by atoms with Crippen molar-refractivity contribution in [3.05, 3.63) is 80.8 Å². The van der Waals surface area contributed by atoms with Gasteiger partial charge in [-0.05, 0) is 48.4 Å². The highest BCUT2D eigenvalue weighted by Crippen LogP contribution is 2.29. The maximum absolute atomic E-state index is 12.0. The van der Waals surface area contributed by atoms with E-state index in [4.69, 9.17) is 21.1 Å². The van der Waals surface area contributed by atoms with Gasteiger partial charge in [0.25, 0.3) is 0 Å². The number of aromatic nitrogens is 1. The summed E-state index contributed by atoms with van der Waals surface area (Å²) >= 11 is 7.46. The normalized spacial score (nSPS) is 10.9. The van der Waals surface area contributed by atoms with Crippen LogP contribution in [0.25, 0.3) is 6.08 Å². The molecule has 0 saturated heterocycles. The summed E-state index contributed by atoms with van der Waals surface area (Å²) in [5, 5.41) is 6.43. The Morgan fingerprint density at radius 3 is 2.69 bits per heavy atom. The fourth-order valence-corrected chi connectivity index (χ4v) is 3.29. The number of hydrogen-bond acceptors (Lipinski definition) is 5. The van der Waals surface area contributed by atoms with Crippen LogP contribution >= 0.6 is 22.9 Å². The van der Waals surface area contributed by atoms with Gasteiger partial charge in [-0.2, -0.15) is 0 Å². The fraction of sp³-hybridized carbons (Fsp3) is 0.182. The van der Waals surface area contributed by atoms with Crippen LogP contribution in [0.3, 0.4) is 0 Å². The number of carbonyl (C=O) groups is 1. The molecular formula is C22H21ClN2O3S. The first kappa shape index (κ1) is 20.9. The molecular weight excluding hydrogens is 408 g/mol. The Hall–Kier alpha value is -2.83. The van der Waals surface area contributed by atoms with Crippen LogP contribution in [0.2, 0.25) is 5.02 Å². The van der Waals surface area contributed by atoms with Gasteiger partial charge in [-0.3, -0.25) is 4.79 Å². The molecule has 1 heterocycles. The van der Waals surface area contributed by atoms with Gasteiger partial charge < -0.3 is 14.8 Å². The number of ether oxygens (including phenoxy) is 2. The van der Waals surface area contributed by atoms with E-state index in [1.54, 1.807) is 24.5 Å². The van der Waals surface area contributed by atoms with Crippen molar-refractivity contribution < 1.29 is 14.3 Å². The first-order valence-electron chi connectivity index (χ1n) is 8.95. The Kier molecular flexibility index (Phi) is 7.27. The summed E-state index contributed by atoms with van der Waals surface area (Å²) in [6.45, 7) is 2.75. The van der Waals surface area contributed by atoms with E-state index in [9.17, 15) is 4.79 Å². The molecule has 0 atom stereocenters. The van der Waals surface area contributed by atoms with Crippen molar-refractivity contribution in [3.8, 4) is 11.5 Å². The lowest BCUT2D eigenvalue weighted by Crippen LogP contribution is -2.20. The Bertz CT molecular complexity index is 1000. The first-order chi connectivity index (χ1) is 14.0. The molecule has 0 spiro atoms. The van der Waals surface area contributed by atoms with E-state index in [2.05, 4.69) is 10.3 Å². The van der Waals surface area contributed by atoms with Gasteiger partial charge in [-0.25, -0.2) is 4.98 Å². The molecule has 0 saturated carbocycles. The van der Waals surface area contributed by atoms with Crippen LogP contribution in [0.5, 0.6) is 11.5 Å². The lowest BCUT2D eigenvalue weighted by Gasteiger charge is -2.11. The number of halogens is 1. The van der Waals surface area contributed by atoms with E-state index in [1.807, 2.05) is 54.8 Å². The van der Waals surface area contributed by atoms with Crippen LogP contribution < -0.4 is 14.8 Å². The van der Waals surface area contributed by atoms with Crippen molar-refractivity contribution in [3.63, 3.8) is 0 Å². The number of nitrogens with zero attached hydrogens (tertiary/aromatic N) is 1. The van der Waals surface area contributed by atoms with Gasteiger partial charge in [0.15, 0.2) is 11.5 Å². The van der Waals surface area contributed by atoms with Gasteiger partial charge >= 0.3 is 0 Å². The standard InChI is InChI=1S/C22H21ClN2O3S/c1-15-25-19(14-29-15)12-24-22(26)10-6-16-5-9-20(21(11-16)27-2)28-13-17-3-7-18(23)8-4-17/h3-11,14H,12-13H2,1-2H3,(H,24,26)/b10-6+. The Morgan fingerprint density at radius 1 is 1.21 bits per heavy atom. The van der Waals surface area contributed by atoms with Gasteiger partial charge in [-0.15, -0.1) is 11.3 Å². The molecule has 150 valence electrons. The molecule has 1 N–H and O–H groups in total. The molecule has 0 fully saturated rings. The number of hydrogen-bond donors (Lipinski definition) is 1. The second kappa shape index (κ2) is 10.1. The molecule has 29 heavy (non-hydrogen) atoms. The number of amides is 1. The molecule has 0 aliphatic carbocycles. The van der Waals surface area contributed by atoms with E-state index < -0.39 is 0 Å². The predicted molar refractivity (Wildman–Crippen MR) is 117 cm³/mol. The lowest BCUT2D eigenvalue weighted by molar-refractivity contribution is -0.116. The zero-order valence-electron chi connectivity index (χ0n) is 16.1. The van der Waals surface area contributed by atoms with Crippen LogP contribution in [0.4, 0.5) is 0 Å². The highest BCUT2D eigenvalue weighted by molar-refractivity contribution is 7.09. The second-order valence-electron chi connectivity index (χ2n) is 6.23. The van der Waals surface area contributed by atoms with Gasteiger partial charge in [0.05, 0.1) is 24.4 Å². The summed E-state index contributed by atoms with van der Waals surface area (Å²) in [7, 11) is 1.58. The molecule has 3 rings (SSSR count). The summed E-state index contributed by atoms with van der Waals surface area (Å²) < 4.78 is 11.3. The maximum Gasteiger partial charge on any atom is 0.244 e. The Labute approximate surface area is 179 Å². The number of thiazole rings is 1. The van der Waals surface area contributed by atoms with Crippen LogP contribution in [-0.2, 0) is 17.9 Å². The van der Waals surface area contributed by atoms with E-state index >= 15 is 0 Å². The highest BCUT2D eigenvalue weighted by atomic mass is 35.5.